The zero-order chi connectivity index (χ0) is 19.7. The first-order valence-electron chi connectivity index (χ1n) is 8.99. The molecule has 28 heavy (non-hydrogen) atoms. The van der Waals surface area contributed by atoms with Crippen molar-refractivity contribution in [2.24, 2.45) is 0 Å². The molecule has 0 aliphatic heterocycles. The van der Waals surface area contributed by atoms with Gasteiger partial charge in [-0.2, -0.15) is 0 Å². The van der Waals surface area contributed by atoms with Crippen molar-refractivity contribution in [2.45, 2.75) is 20.3 Å². The van der Waals surface area contributed by atoms with Gasteiger partial charge >= 0.3 is 0 Å². The highest BCUT2D eigenvalue weighted by molar-refractivity contribution is 9.10. The summed E-state index contributed by atoms with van der Waals surface area (Å²) >= 11 is 3.44. The summed E-state index contributed by atoms with van der Waals surface area (Å²) in [5.41, 5.74) is 4.44. The number of benzene rings is 2. The second-order valence-electron chi connectivity index (χ2n) is 6.71. The minimum absolute atomic E-state index is 0.230. The molecule has 6 heteroatoms. The van der Waals surface area contributed by atoms with E-state index in [-0.39, 0.29) is 5.91 Å². The monoisotopic (exact) mass is 438 g/mol. The van der Waals surface area contributed by atoms with Gasteiger partial charge in [-0.25, -0.2) is 4.98 Å². The molecule has 1 amide bonds. The van der Waals surface area contributed by atoms with Crippen molar-refractivity contribution in [1.82, 2.24) is 10.3 Å². The van der Waals surface area contributed by atoms with Crippen molar-refractivity contribution >= 4 is 32.8 Å². The number of nitrogens with one attached hydrogen (secondary N) is 1. The number of carbonyl (C=O) groups excluding carboxylic acids is 1. The fraction of sp³-hybridized carbons (Fsp3) is 0.182. The molecule has 1 N–H and O–H groups in total. The number of hydrogen-bond acceptors (Lipinski definition) is 4. The summed E-state index contributed by atoms with van der Waals surface area (Å²) in [5, 5.41) is 3.82. The smallest absolute Gasteiger partial charge is 0.287 e. The van der Waals surface area contributed by atoms with Crippen LogP contribution in [0.1, 0.15) is 27.4 Å². The van der Waals surface area contributed by atoms with Crippen LogP contribution in [0.5, 0.6) is 0 Å². The molecule has 4 rings (SSSR count). The van der Waals surface area contributed by atoms with Gasteiger partial charge in [0.15, 0.2) is 5.76 Å². The van der Waals surface area contributed by atoms with Crippen LogP contribution in [0.25, 0.3) is 22.4 Å². The third-order valence-electron chi connectivity index (χ3n) is 4.62. The molecule has 4 aromatic rings. The fourth-order valence-corrected chi connectivity index (χ4v) is 3.41. The van der Waals surface area contributed by atoms with Crippen molar-refractivity contribution < 1.29 is 13.6 Å². The average Bonchev–Trinajstić information content (AvgIpc) is 3.28. The first kappa shape index (κ1) is 18.5. The lowest BCUT2D eigenvalue weighted by Gasteiger charge is -2.02. The van der Waals surface area contributed by atoms with Crippen LogP contribution < -0.4 is 5.32 Å². The molecule has 2 aromatic carbocycles. The molecular formula is C22H19BrN2O3. The third-order valence-corrected chi connectivity index (χ3v) is 5.11. The van der Waals surface area contributed by atoms with Crippen molar-refractivity contribution in [1.29, 1.82) is 0 Å². The van der Waals surface area contributed by atoms with Crippen molar-refractivity contribution in [3.8, 4) is 11.5 Å². The number of rotatable bonds is 5. The molecule has 2 aromatic heterocycles. The zero-order valence-electron chi connectivity index (χ0n) is 15.6. The second kappa shape index (κ2) is 7.64. The molecule has 0 unspecified atom stereocenters. The fourth-order valence-electron chi connectivity index (χ4n) is 3.04. The maximum atomic E-state index is 12.5. The highest BCUT2D eigenvalue weighted by Crippen LogP contribution is 2.28. The maximum absolute atomic E-state index is 12.5. The lowest BCUT2D eigenvalue weighted by molar-refractivity contribution is 0.0927. The summed E-state index contributed by atoms with van der Waals surface area (Å²) in [6.45, 7) is 4.37. The van der Waals surface area contributed by atoms with E-state index in [2.05, 4.69) is 26.2 Å². The van der Waals surface area contributed by atoms with E-state index >= 15 is 0 Å². The Kier molecular flexibility index (Phi) is 5.05. The number of carbonyl (C=O) groups is 1. The number of oxazole rings is 1. The van der Waals surface area contributed by atoms with Gasteiger partial charge in [-0.1, -0.05) is 33.6 Å². The number of nitrogens with zero attached hydrogens (tertiary/aromatic N) is 1. The Bertz CT molecular complexity index is 1140. The van der Waals surface area contributed by atoms with Gasteiger partial charge in [0.2, 0.25) is 5.89 Å². The molecule has 5 nitrogen and oxygen atoms in total. The van der Waals surface area contributed by atoms with Crippen molar-refractivity contribution in [2.75, 3.05) is 6.54 Å². The van der Waals surface area contributed by atoms with Crippen LogP contribution in [0.2, 0.25) is 0 Å². The molecule has 0 bridgehead atoms. The Morgan fingerprint density at radius 1 is 1.14 bits per heavy atom. The summed E-state index contributed by atoms with van der Waals surface area (Å²) < 4.78 is 12.2. The zero-order valence-corrected chi connectivity index (χ0v) is 17.2. The quantitative estimate of drug-likeness (QED) is 0.450. The van der Waals surface area contributed by atoms with Gasteiger partial charge in [-0.3, -0.25) is 4.79 Å². The van der Waals surface area contributed by atoms with Gasteiger partial charge in [-0.15, -0.1) is 0 Å². The van der Waals surface area contributed by atoms with E-state index in [1.807, 2.05) is 56.3 Å². The summed E-state index contributed by atoms with van der Waals surface area (Å²) in [6.07, 6.45) is 2.21. The van der Waals surface area contributed by atoms with Crippen LogP contribution in [0.3, 0.4) is 0 Å². The Balaban J connectivity index is 1.40. The van der Waals surface area contributed by atoms with Gasteiger partial charge in [0.25, 0.3) is 5.91 Å². The van der Waals surface area contributed by atoms with Crippen LogP contribution in [-0.4, -0.2) is 17.4 Å². The van der Waals surface area contributed by atoms with Gasteiger partial charge in [-0.05, 0) is 44.2 Å². The summed E-state index contributed by atoms with van der Waals surface area (Å²) in [6, 6.07) is 13.7. The second-order valence-corrected chi connectivity index (χ2v) is 7.63. The van der Waals surface area contributed by atoms with Crippen molar-refractivity contribution in [3.63, 3.8) is 0 Å². The first-order valence-corrected chi connectivity index (χ1v) is 9.79. The van der Waals surface area contributed by atoms with E-state index in [4.69, 9.17) is 8.83 Å². The normalized spacial score (nSPS) is 11.1. The molecule has 0 spiro atoms. The van der Waals surface area contributed by atoms with E-state index in [9.17, 15) is 4.79 Å². The Labute approximate surface area is 170 Å². The van der Waals surface area contributed by atoms with Crippen LogP contribution in [0, 0.1) is 13.8 Å². The predicted molar refractivity (Wildman–Crippen MR) is 111 cm³/mol. The largest absolute Gasteiger partial charge is 0.451 e. The van der Waals surface area contributed by atoms with Gasteiger partial charge in [0, 0.05) is 34.0 Å². The van der Waals surface area contributed by atoms with Crippen LogP contribution in [-0.2, 0) is 6.42 Å². The van der Waals surface area contributed by atoms with E-state index in [0.717, 1.165) is 26.7 Å². The van der Waals surface area contributed by atoms with Crippen LogP contribution in [0.15, 0.2) is 62.0 Å². The highest BCUT2D eigenvalue weighted by atomic mass is 79.9. The Hall–Kier alpha value is -2.86. The van der Waals surface area contributed by atoms with Crippen LogP contribution in [0.4, 0.5) is 0 Å². The molecule has 0 aliphatic rings. The van der Waals surface area contributed by atoms with E-state index in [1.165, 1.54) is 5.56 Å². The van der Waals surface area contributed by atoms with Crippen molar-refractivity contribution in [3.05, 3.63) is 75.8 Å². The molecule has 142 valence electrons. The molecule has 0 saturated heterocycles. The topological polar surface area (TPSA) is 68.3 Å². The molecular weight excluding hydrogens is 420 g/mol. The first-order chi connectivity index (χ1) is 13.5. The van der Waals surface area contributed by atoms with Gasteiger partial charge in [0.05, 0.1) is 5.69 Å². The van der Waals surface area contributed by atoms with Gasteiger partial charge < -0.3 is 14.2 Å². The number of hydrogen-bond donors (Lipinski definition) is 1. The summed E-state index contributed by atoms with van der Waals surface area (Å²) in [5.74, 6) is 0.695. The van der Waals surface area contributed by atoms with E-state index < -0.39 is 0 Å². The molecule has 0 fully saturated rings. The lowest BCUT2D eigenvalue weighted by Crippen LogP contribution is -2.25. The number of aromatic nitrogens is 1. The summed E-state index contributed by atoms with van der Waals surface area (Å²) in [4.78, 5) is 17.0. The minimum atomic E-state index is -0.230. The minimum Gasteiger partial charge on any atom is -0.451 e. The lowest BCUT2D eigenvalue weighted by atomic mass is 10.1. The summed E-state index contributed by atoms with van der Waals surface area (Å²) in [7, 11) is 0. The Morgan fingerprint density at radius 2 is 1.93 bits per heavy atom. The third kappa shape index (κ3) is 3.73. The molecule has 2 heterocycles. The van der Waals surface area contributed by atoms with Gasteiger partial charge in [0.1, 0.15) is 11.8 Å². The number of amides is 1. The molecule has 0 aliphatic carbocycles. The standard InChI is InChI=1S/C22H19BrN2O3/c1-13-3-5-15(6-4-13)22-25-17(12-27-22)9-10-24-21(26)20-14(2)18-11-16(23)7-8-19(18)28-20/h3-8,11-12H,9-10H2,1-2H3,(H,24,26). The predicted octanol–water partition coefficient (Wildman–Crippen LogP) is 5.44. The maximum Gasteiger partial charge on any atom is 0.287 e. The Morgan fingerprint density at radius 3 is 2.71 bits per heavy atom. The average molecular weight is 439 g/mol. The van der Waals surface area contributed by atoms with E-state index in [1.54, 1.807) is 6.26 Å². The SMILES string of the molecule is Cc1ccc(-c2nc(CCNC(=O)c3oc4ccc(Br)cc4c3C)co2)cc1. The van der Waals surface area contributed by atoms with Crippen LogP contribution >= 0.6 is 15.9 Å². The molecule has 0 atom stereocenters. The number of furan rings is 1. The highest BCUT2D eigenvalue weighted by Gasteiger charge is 2.17. The molecule has 0 radical (unpaired) electrons. The van der Waals surface area contributed by atoms with E-state index in [0.29, 0.717) is 30.2 Å². The number of fused-ring (bicyclic) bond motifs is 1. The number of halogens is 1. The number of aryl methyl sites for hydroxylation is 2. The molecule has 0 saturated carbocycles.